The van der Waals surface area contributed by atoms with Crippen molar-refractivity contribution in [2.45, 2.75) is 19.0 Å². The molecule has 1 aliphatic rings. The lowest BCUT2D eigenvalue weighted by molar-refractivity contribution is -0.137. The highest BCUT2D eigenvalue weighted by Gasteiger charge is 2.57. The minimum atomic E-state index is -4.47. The lowest BCUT2D eigenvalue weighted by Gasteiger charge is -2.25. The molecule has 0 radical (unpaired) electrons. The molecule has 11 heteroatoms. The van der Waals surface area contributed by atoms with Crippen LogP contribution >= 0.6 is 0 Å². The van der Waals surface area contributed by atoms with Crippen molar-refractivity contribution in [3.8, 4) is 0 Å². The summed E-state index contributed by atoms with van der Waals surface area (Å²) in [5, 5.41) is 2.78. The predicted molar refractivity (Wildman–Crippen MR) is 111 cm³/mol. The van der Waals surface area contributed by atoms with Crippen LogP contribution < -0.4 is 16.0 Å². The van der Waals surface area contributed by atoms with Gasteiger partial charge in [0.05, 0.1) is 11.3 Å². The number of carbonyl (C=O) groups is 2. The topological polar surface area (TPSA) is 101 Å². The molecule has 3 N–H and O–H groups in total. The molecule has 0 aliphatic heterocycles. The largest absolute Gasteiger partial charge is 0.416 e. The molecule has 3 aromatic rings. The number of primary amides is 1. The average molecular weight is 459 g/mol. The molecule has 1 saturated carbocycles. The van der Waals surface area contributed by atoms with Gasteiger partial charge >= 0.3 is 6.18 Å². The molecular weight excluding hydrogens is 442 g/mol. The van der Waals surface area contributed by atoms with E-state index in [1.165, 1.54) is 36.5 Å². The van der Waals surface area contributed by atoms with E-state index >= 15 is 0 Å². The van der Waals surface area contributed by atoms with Gasteiger partial charge in [0.1, 0.15) is 17.1 Å². The molecule has 0 atom stereocenters. The molecule has 7 nitrogen and oxygen atoms in total. The maximum Gasteiger partial charge on any atom is 0.416 e. The number of hydrogen-bond donors (Lipinski definition) is 2. The second-order valence-corrected chi connectivity index (χ2v) is 7.50. The predicted octanol–water partition coefficient (Wildman–Crippen LogP) is 4.31. The number of nitrogens with zero attached hydrogens (tertiary/aromatic N) is 3. The maximum absolute atomic E-state index is 13.5. The quantitative estimate of drug-likeness (QED) is 0.423. The van der Waals surface area contributed by atoms with Gasteiger partial charge in [-0.15, -0.1) is 0 Å². The van der Waals surface area contributed by atoms with Crippen LogP contribution in [0.4, 0.5) is 40.7 Å². The van der Waals surface area contributed by atoms with E-state index in [-0.39, 0.29) is 36.0 Å². The van der Waals surface area contributed by atoms with Gasteiger partial charge in [-0.25, -0.2) is 9.37 Å². The minimum absolute atomic E-state index is 0.00362. The van der Waals surface area contributed by atoms with Crippen LogP contribution in [0, 0.1) is 11.2 Å². The van der Waals surface area contributed by atoms with Crippen LogP contribution in [0.3, 0.4) is 0 Å². The van der Waals surface area contributed by atoms with Gasteiger partial charge < -0.3 is 11.1 Å². The summed E-state index contributed by atoms with van der Waals surface area (Å²) >= 11 is 0. The van der Waals surface area contributed by atoms with Gasteiger partial charge in [0.2, 0.25) is 17.8 Å². The first-order valence-electron chi connectivity index (χ1n) is 9.77. The van der Waals surface area contributed by atoms with E-state index in [0.29, 0.717) is 0 Å². The van der Waals surface area contributed by atoms with Gasteiger partial charge in [-0.1, -0.05) is 0 Å². The molecule has 4 rings (SSSR count). The zero-order valence-corrected chi connectivity index (χ0v) is 16.9. The first-order valence-corrected chi connectivity index (χ1v) is 9.77. The molecule has 1 heterocycles. The van der Waals surface area contributed by atoms with Crippen molar-refractivity contribution in [2.75, 3.05) is 10.2 Å². The van der Waals surface area contributed by atoms with Crippen molar-refractivity contribution in [3.05, 3.63) is 72.2 Å². The van der Waals surface area contributed by atoms with Crippen LogP contribution in [0.15, 0.2) is 60.8 Å². The van der Waals surface area contributed by atoms with Crippen molar-refractivity contribution in [1.82, 2.24) is 9.97 Å². The molecule has 0 spiro atoms. The third-order valence-electron chi connectivity index (χ3n) is 5.26. The van der Waals surface area contributed by atoms with E-state index in [9.17, 15) is 27.2 Å². The average Bonchev–Trinajstić information content (AvgIpc) is 3.58. The van der Waals surface area contributed by atoms with Crippen LogP contribution in [-0.4, -0.2) is 21.8 Å². The number of aromatic nitrogens is 2. The SMILES string of the molecule is NC(=O)C1(C(=O)N(c2ccc(F)cc2)c2ccnc(Nc3ccc(C(F)(F)F)cc3)n2)CC1. The molecule has 0 unspecified atom stereocenters. The number of amides is 2. The summed E-state index contributed by atoms with van der Waals surface area (Å²) < 4.78 is 51.8. The number of anilines is 4. The zero-order valence-electron chi connectivity index (χ0n) is 16.9. The number of nitrogens with one attached hydrogen (secondary N) is 1. The smallest absolute Gasteiger partial charge is 0.369 e. The van der Waals surface area contributed by atoms with Crippen LogP contribution in [0.5, 0.6) is 0 Å². The van der Waals surface area contributed by atoms with Gasteiger partial charge in [0.25, 0.3) is 0 Å². The lowest BCUT2D eigenvalue weighted by Crippen LogP contribution is -2.41. The standard InChI is InChI=1S/C22H17F4N5O2/c23-14-3-7-16(8-4-14)31(19(33)21(10-11-21)18(27)32)17-9-12-28-20(30-17)29-15-5-1-13(2-6-15)22(24,25)26/h1-9,12H,10-11H2,(H2,27,32)(H,28,29,30). The van der Waals surface area contributed by atoms with Crippen molar-refractivity contribution in [3.63, 3.8) is 0 Å². The van der Waals surface area contributed by atoms with Crippen LogP contribution in [0.25, 0.3) is 0 Å². The van der Waals surface area contributed by atoms with Gasteiger partial charge in [-0.3, -0.25) is 14.5 Å². The second kappa shape index (κ2) is 8.15. The summed E-state index contributed by atoms with van der Waals surface area (Å²) in [5.74, 6) is -1.83. The molecule has 170 valence electrons. The number of rotatable bonds is 6. The second-order valence-electron chi connectivity index (χ2n) is 7.50. The summed E-state index contributed by atoms with van der Waals surface area (Å²) in [5.41, 5.74) is 3.82. The normalized spacial score (nSPS) is 14.4. The first kappa shape index (κ1) is 22.2. The minimum Gasteiger partial charge on any atom is -0.369 e. The Bertz CT molecular complexity index is 1190. The number of carbonyl (C=O) groups excluding carboxylic acids is 2. The summed E-state index contributed by atoms with van der Waals surface area (Å²) in [7, 11) is 0. The van der Waals surface area contributed by atoms with Gasteiger partial charge in [0, 0.05) is 18.0 Å². The summed E-state index contributed by atoms with van der Waals surface area (Å²) in [6.45, 7) is 0. The monoisotopic (exact) mass is 459 g/mol. The van der Waals surface area contributed by atoms with E-state index < -0.39 is 34.8 Å². The van der Waals surface area contributed by atoms with Crippen molar-refractivity contribution in [2.24, 2.45) is 11.1 Å². The highest BCUT2D eigenvalue weighted by atomic mass is 19.4. The van der Waals surface area contributed by atoms with Crippen molar-refractivity contribution >= 4 is 35.0 Å². The van der Waals surface area contributed by atoms with Crippen LogP contribution in [0.2, 0.25) is 0 Å². The summed E-state index contributed by atoms with van der Waals surface area (Å²) in [6, 6.07) is 10.7. The van der Waals surface area contributed by atoms with Crippen molar-refractivity contribution < 1.29 is 27.2 Å². The van der Waals surface area contributed by atoms with Gasteiger partial charge in [0.15, 0.2) is 0 Å². The fraction of sp³-hybridized carbons (Fsp3) is 0.182. The molecule has 0 saturated heterocycles. The van der Waals surface area contributed by atoms with E-state index in [1.807, 2.05) is 0 Å². The molecule has 1 aliphatic carbocycles. The van der Waals surface area contributed by atoms with Crippen LogP contribution in [0.1, 0.15) is 18.4 Å². The Hall–Kier alpha value is -4.02. The van der Waals surface area contributed by atoms with E-state index in [1.54, 1.807) is 0 Å². The highest BCUT2D eigenvalue weighted by Crippen LogP contribution is 2.48. The Balaban J connectivity index is 1.67. The zero-order chi connectivity index (χ0) is 23.8. The van der Waals surface area contributed by atoms with E-state index in [0.717, 1.165) is 29.2 Å². The third kappa shape index (κ3) is 4.47. The fourth-order valence-corrected chi connectivity index (χ4v) is 3.25. The Labute approximate surface area is 185 Å². The first-order chi connectivity index (χ1) is 15.6. The van der Waals surface area contributed by atoms with E-state index in [4.69, 9.17) is 5.73 Å². The summed E-state index contributed by atoms with van der Waals surface area (Å²) in [6.07, 6.45) is -2.58. The Morgan fingerprint density at radius 3 is 2.18 bits per heavy atom. The molecule has 2 aromatic carbocycles. The number of alkyl halides is 3. The number of nitrogens with two attached hydrogens (primary N) is 1. The van der Waals surface area contributed by atoms with Crippen LogP contribution in [-0.2, 0) is 15.8 Å². The van der Waals surface area contributed by atoms with E-state index in [2.05, 4.69) is 15.3 Å². The third-order valence-corrected chi connectivity index (χ3v) is 5.26. The molecular formula is C22H17F4N5O2. The maximum atomic E-state index is 13.5. The highest BCUT2D eigenvalue weighted by molar-refractivity contribution is 6.16. The number of halogens is 4. The van der Waals surface area contributed by atoms with Gasteiger partial charge in [-0.2, -0.15) is 18.2 Å². The molecule has 1 aromatic heterocycles. The molecule has 0 bridgehead atoms. The van der Waals surface area contributed by atoms with Gasteiger partial charge in [-0.05, 0) is 61.4 Å². The Morgan fingerprint density at radius 2 is 1.64 bits per heavy atom. The van der Waals surface area contributed by atoms with Crippen molar-refractivity contribution in [1.29, 1.82) is 0 Å². The molecule has 1 fully saturated rings. The molecule has 2 amide bonds. The number of benzene rings is 2. The molecule has 33 heavy (non-hydrogen) atoms. The Morgan fingerprint density at radius 1 is 1.00 bits per heavy atom. The number of hydrogen-bond acceptors (Lipinski definition) is 5. The Kier molecular flexibility index (Phi) is 5.48. The lowest BCUT2D eigenvalue weighted by atomic mass is 10.0. The fourth-order valence-electron chi connectivity index (χ4n) is 3.25. The summed E-state index contributed by atoms with van der Waals surface area (Å²) in [4.78, 5) is 34.7.